The van der Waals surface area contributed by atoms with Crippen LogP contribution < -0.4 is 4.74 Å². The number of aryl methyl sites for hydroxylation is 2. The minimum Gasteiger partial charge on any atom is -0.473 e. The summed E-state index contributed by atoms with van der Waals surface area (Å²) in [5.74, 6) is 1.36. The van der Waals surface area contributed by atoms with Gasteiger partial charge in [-0.1, -0.05) is 27.7 Å². The Balaban J connectivity index is 1.26. The maximum atomic E-state index is 6.14. The number of likely N-dealkylation sites (tertiary alicyclic amines) is 1. The fraction of sp³-hybridized carbons (Fsp3) is 0.708. The SMILES string of the molecule is Cc1cnn(C)c1-c1ccc(OC2CC3(CCN(CC(C)C(C)(C)C)CC3)C2)nn1. The molecular formula is C24H37N5O. The Bertz CT molecular complexity index is 831. The van der Waals surface area contributed by atoms with E-state index in [0.29, 0.717) is 16.7 Å². The van der Waals surface area contributed by atoms with Crippen molar-refractivity contribution in [2.75, 3.05) is 19.6 Å². The smallest absolute Gasteiger partial charge is 0.233 e. The van der Waals surface area contributed by atoms with Crippen molar-refractivity contribution in [2.24, 2.45) is 23.8 Å². The molecule has 2 fully saturated rings. The first-order valence-electron chi connectivity index (χ1n) is 11.4. The second-order valence-electron chi connectivity index (χ2n) is 10.8. The molecule has 0 N–H and O–H groups in total. The zero-order chi connectivity index (χ0) is 21.5. The van der Waals surface area contributed by atoms with Crippen LogP contribution in [0.25, 0.3) is 11.4 Å². The summed E-state index contributed by atoms with van der Waals surface area (Å²) in [6.07, 6.45) is 7.04. The van der Waals surface area contributed by atoms with Crippen molar-refractivity contribution in [3.05, 3.63) is 23.9 Å². The highest BCUT2D eigenvalue weighted by molar-refractivity contribution is 5.58. The fourth-order valence-electron chi connectivity index (χ4n) is 4.86. The summed E-state index contributed by atoms with van der Waals surface area (Å²) in [6, 6.07) is 3.92. The third kappa shape index (κ3) is 4.39. The lowest BCUT2D eigenvalue weighted by atomic mass is 9.61. The van der Waals surface area contributed by atoms with Crippen molar-refractivity contribution >= 4 is 0 Å². The lowest BCUT2D eigenvalue weighted by molar-refractivity contribution is -0.0602. The van der Waals surface area contributed by atoms with E-state index in [1.807, 2.05) is 37.0 Å². The van der Waals surface area contributed by atoms with Gasteiger partial charge in [-0.2, -0.15) is 5.10 Å². The molecule has 4 rings (SSSR count). The van der Waals surface area contributed by atoms with E-state index >= 15 is 0 Å². The van der Waals surface area contributed by atoms with E-state index in [-0.39, 0.29) is 6.10 Å². The van der Waals surface area contributed by atoms with E-state index in [9.17, 15) is 0 Å². The van der Waals surface area contributed by atoms with E-state index in [4.69, 9.17) is 4.74 Å². The van der Waals surface area contributed by atoms with Gasteiger partial charge in [-0.25, -0.2) is 0 Å². The maximum absolute atomic E-state index is 6.14. The average molecular weight is 412 g/mol. The van der Waals surface area contributed by atoms with E-state index in [1.54, 1.807) is 0 Å². The number of ether oxygens (including phenoxy) is 1. The van der Waals surface area contributed by atoms with Crippen molar-refractivity contribution in [3.8, 4) is 17.3 Å². The second kappa shape index (κ2) is 7.95. The Kier molecular flexibility index (Phi) is 5.64. The van der Waals surface area contributed by atoms with Crippen LogP contribution in [0.2, 0.25) is 0 Å². The Morgan fingerprint density at radius 2 is 1.87 bits per heavy atom. The molecule has 1 aliphatic carbocycles. The van der Waals surface area contributed by atoms with Gasteiger partial charge in [-0.15, -0.1) is 10.2 Å². The molecule has 30 heavy (non-hydrogen) atoms. The molecule has 1 saturated carbocycles. The fourth-order valence-corrected chi connectivity index (χ4v) is 4.86. The van der Waals surface area contributed by atoms with Crippen LogP contribution in [0, 0.1) is 23.7 Å². The summed E-state index contributed by atoms with van der Waals surface area (Å²) < 4.78 is 7.97. The van der Waals surface area contributed by atoms with Gasteiger partial charge in [-0.05, 0) is 74.1 Å². The molecule has 2 aliphatic rings. The molecule has 164 valence electrons. The summed E-state index contributed by atoms with van der Waals surface area (Å²) >= 11 is 0. The summed E-state index contributed by atoms with van der Waals surface area (Å²) in [5.41, 5.74) is 3.82. The minimum absolute atomic E-state index is 0.281. The molecule has 1 saturated heterocycles. The van der Waals surface area contributed by atoms with Gasteiger partial charge in [0.05, 0.1) is 11.9 Å². The van der Waals surface area contributed by atoms with Crippen LogP contribution in [0.5, 0.6) is 5.88 Å². The molecule has 1 unspecified atom stereocenters. The molecule has 0 radical (unpaired) electrons. The number of hydrogen-bond acceptors (Lipinski definition) is 5. The summed E-state index contributed by atoms with van der Waals surface area (Å²) in [5, 5.41) is 13.0. The number of rotatable bonds is 5. The predicted molar refractivity (Wildman–Crippen MR) is 119 cm³/mol. The monoisotopic (exact) mass is 411 g/mol. The van der Waals surface area contributed by atoms with Crippen molar-refractivity contribution in [3.63, 3.8) is 0 Å². The highest BCUT2D eigenvalue weighted by Crippen LogP contribution is 2.50. The van der Waals surface area contributed by atoms with Crippen molar-refractivity contribution < 1.29 is 4.74 Å². The summed E-state index contributed by atoms with van der Waals surface area (Å²) in [7, 11) is 1.93. The normalized spacial score (nSPS) is 20.9. The third-order valence-corrected chi connectivity index (χ3v) is 7.54. The first-order chi connectivity index (χ1) is 14.2. The Labute approximate surface area is 181 Å². The first kappa shape index (κ1) is 21.3. The van der Waals surface area contributed by atoms with Crippen molar-refractivity contribution in [2.45, 2.75) is 66.4 Å². The lowest BCUT2D eigenvalue weighted by Gasteiger charge is -2.52. The van der Waals surface area contributed by atoms with Gasteiger partial charge in [0.2, 0.25) is 5.88 Å². The summed E-state index contributed by atoms with van der Waals surface area (Å²) in [4.78, 5) is 2.67. The van der Waals surface area contributed by atoms with Gasteiger partial charge in [-0.3, -0.25) is 4.68 Å². The highest BCUT2D eigenvalue weighted by atomic mass is 16.5. The largest absolute Gasteiger partial charge is 0.473 e. The predicted octanol–water partition coefficient (Wildman–Crippen LogP) is 4.49. The second-order valence-corrected chi connectivity index (χ2v) is 10.8. The van der Waals surface area contributed by atoms with E-state index in [1.165, 1.54) is 32.5 Å². The van der Waals surface area contributed by atoms with Gasteiger partial charge >= 0.3 is 0 Å². The molecule has 1 spiro atoms. The number of nitrogens with zero attached hydrogens (tertiary/aromatic N) is 5. The minimum atomic E-state index is 0.281. The van der Waals surface area contributed by atoms with E-state index < -0.39 is 0 Å². The van der Waals surface area contributed by atoms with Gasteiger partial charge in [0.15, 0.2) is 0 Å². The van der Waals surface area contributed by atoms with Crippen LogP contribution in [0.3, 0.4) is 0 Å². The third-order valence-electron chi connectivity index (χ3n) is 7.54. The topological polar surface area (TPSA) is 56.1 Å². The highest BCUT2D eigenvalue weighted by Gasteiger charge is 2.47. The zero-order valence-electron chi connectivity index (χ0n) is 19.5. The number of hydrogen-bond donors (Lipinski definition) is 0. The van der Waals surface area contributed by atoms with Crippen LogP contribution in [0.15, 0.2) is 18.3 Å². The van der Waals surface area contributed by atoms with Gasteiger partial charge < -0.3 is 9.64 Å². The molecular weight excluding hydrogens is 374 g/mol. The Morgan fingerprint density at radius 3 is 2.40 bits per heavy atom. The van der Waals surface area contributed by atoms with Gasteiger partial charge in [0.1, 0.15) is 11.8 Å². The lowest BCUT2D eigenvalue weighted by Crippen LogP contribution is -2.51. The maximum Gasteiger partial charge on any atom is 0.233 e. The van der Waals surface area contributed by atoms with E-state index in [0.717, 1.165) is 35.7 Å². The van der Waals surface area contributed by atoms with Crippen LogP contribution in [0.1, 0.15) is 58.9 Å². The first-order valence-corrected chi connectivity index (χ1v) is 11.4. The van der Waals surface area contributed by atoms with Crippen molar-refractivity contribution in [1.29, 1.82) is 0 Å². The zero-order valence-corrected chi connectivity index (χ0v) is 19.5. The molecule has 0 bridgehead atoms. The Hall–Kier alpha value is -1.95. The molecule has 6 heteroatoms. The summed E-state index contributed by atoms with van der Waals surface area (Å²) in [6.45, 7) is 15.2. The molecule has 2 aromatic rings. The molecule has 1 aliphatic heterocycles. The number of aromatic nitrogens is 4. The van der Waals surface area contributed by atoms with Crippen LogP contribution in [0.4, 0.5) is 0 Å². The Morgan fingerprint density at radius 1 is 1.17 bits per heavy atom. The standard InChI is InChI=1S/C24H37N5O/c1-17-15-25-28(6)22(17)20-7-8-21(27-26-20)30-19-13-24(14-19)9-11-29(12-10-24)16-18(2)23(3,4)5/h7-8,15,18-19H,9-14,16H2,1-6H3. The molecule has 0 amide bonds. The van der Waals surface area contributed by atoms with Gasteiger partial charge in [0.25, 0.3) is 0 Å². The average Bonchev–Trinajstić information content (AvgIpc) is 3.00. The van der Waals surface area contributed by atoms with E-state index in [2.05, 4.69) is 47.9 Å². The van der Waals surface area contributed by atoms with Crippen molar-refractivity contribution in [1.82, 2.24) is 24.9 Å². The van der Waals surface area contributed by atoms with Crippen LogP contribution >= 0.6 is 0 Å². The molecule has 1 atom stereocenters. The molecule has 3 heterocycles. The molecule has 2 aromatic heterocycles. The molecule has 6 nitrogen and oxygen atoms in total. The quantitative estimate of drug-likeness (QED) is 0.725. The van der Waals surface area contributed by atoms with Gasteiger partial charge in [0, 0.05) is 19.7 Å². The van der Waals surface area contributed by atoms with Crippen LogP contribution in [-0.4, -0.2) is 50.6 Å². The molecule has 0 aromatic carbocycles. The van der Waals surface area contributed by atoms with Crippen LogP contribution in [-0.2, 0) is 7.05 Å². The number of piperidine rings is 1.